The van der Waals surface area contributed by atoms with E-state index in [4.69, 9.17) is 0 Å². The van der Waals surface area contributed by atoms with E-state index in [0.717, 1.165) is 25.7 Å². The third-order valence-corrected chi connectivity index (χ3v) is 13.0. The molecule has 0 saturated heterocycles. The first-order chi connectivity index (χ1) is 16.6. The summed E-state index contributed by atoms with van der Waals surface area (Å²) in [6.07, 6.45) is 5.61. The van der Waals surface area contributed by atoms with Crippen molar-refractivity contribution in [2.75, 3.05) is 0 Å². The van der Waals surface area contributed by atoms with Crippen molar-refractivity contribution < 1.29 is 30.0 Å². The fourth-order valence-corrected chi connectivity index (χ4v) is 10.5. The molecule has 5 rings (SSSR count). The quantitative estimate of drug-likeness (QED) is 0.388. The van der Waals surface area contributed by atoms with E-state index < -0.39 is 40.4 Å². The summed E-state index contributed by atoms with van der Waals surface area (Å²) in [5.74, 6) is -1.89. The van der Waals surface area contributed by atoms with Crippen LogP contribution in [0.4, 0.5) is 0 Å². The van der Waals surface area contributed by atoms with Crippen molar-refractivity contribution in [2.45, 2.75) is 105 Å². The second kappa shape index (κ2) is 7.69. The summed E-state index contributed by atoms with van der Waals surface area (Å²) < 4.78 is 0. The van der Waals surface area contributed by atoms with Crippen LogP contribution in [-0.2, 0) is 9.59 Å². The molecule has 10 atom stereocenters. The zero-order valence-corrected chi connectivity index (χ0v) is 22.7. The summed E-state index contributed by atoms with van der Waals surface area (Å²) >= 11 is 0. The highest BCUT2D eigenvalue weighted by atomic mass is 16.4. The van der Waals surface area contributed by atoms with Gasteiger partial charge in [-0.2, -0.15) is 0 Å². The normalized spacial score (nSPS) is 52.3. The molecule has 200 valence electrons. The molecule has 0 amide bonds. The number of rotatable bonds is 2. The number of aliphatic hydroxyl groups is 2. The molecule has 3 saturated carbocycles. The van der Waals surface area contributed by atoms with Crippen molar-refractivity contribution in [3.05, 3.63) is 22.8 Å². The fourth-order valence-electron chi connectivity index (χ4n) is 10.5. The van der Waals surface area contributed by atoms with Gasteiger partial charge in [-0.05, 0) is 100 Å². The Morgan fingerprint density at radius 2 is 1.58 bits per heavy atom. The third-order valence-electron chi connectivity index (χ3n) is 13.0. The lowest BCUT2D eigenvalue weighted by molar-refractivity contribution is -0.239. The number of carboxylic acids is 2. The van der Waals surface area contributed by atoms with Crippen molar-refractivity contribution in [1.29, 1.82) is 0 Å². The molecule has 0 bridgehead atoms. The summed E-state index contributed by atoms with van der Waals surface area (Å²) in [6, 6.07) is 0. The molecular weight excluding hydrogens is 456 g/mol. The van der Waals surface area contributed by atoms with Crippen LogP contribution in [0.15, 0.2) is 22.8 Å². The molecule has 3 fully saturated rings. The zero-order valence-electron chi connectivity index (χ0n) is 22.7. The zero-order chi connectivity index (χ0) is 26.6. The van der Waals surface area contributed by atoms with Gasteiger partial charge < -0.3 is 20.4 Å². The minimum atomic E-state index is -1.40. The lowest BCUT2D eigenvalue weighted by Crippen LogP contribution is -2.68. The van der Waals surface area contributed by atoms with E-state index in [0.29, 0.717) is 25.7 Å². The van der Waals surface area contributed by atoms with E-state index in [-0.39, 0.29) is 28.6 Å². The first-order valence-electron chi connectivity index (χ1n) is 13.8. The minimum Gasteiger partial charge on any atom is -0.481 e. The van der Waals surface area contributed by atoms with E-state index in [9.17, 15) is 30.0 Å². The summed E-state index contributed by atoms with van der Waals surface area (Å²) in [7, 11) is 0. The van der Waals surface area contributed by atoms with E-state index in [1.54, 1.807) is 6.92 Å². The van der Waals surface area contributed by atoms with Crippen LogP contribution in [0, 0.1) is 44.8 Å². The second-order valence-electron chi connectivity index (χ2n) is 14.0. The van der Waals surface area contributed by atoms with Gasteiger partial charge in [0.05, 0.1) is 23.0 Å². The van der Waals surface area contributed by atoms with Crippen LogP contribution in [0.3, 0.4) is 0 Å². The van der Waals surface area contributed by atoms with Crippen LogP contribution in [0.2, 0.25) is 0 Å². The topological polar surface area (TPSA) is 115 Å². The Morgan fingerprint density at radius 1 is 0.917 bits per heavy atom. The number of fused-ring (bicyclic) bond motifs is 7. The van der Waals surface area contributed by atoms with Gasteiger partial charge in [0.25, 0.3) is 0 Å². The SMILES string of the molecule is CC1=C(C)C2C3=CCC4C5(C)CC(O)C(O)C(C)(C(=O)O)C5CCC4(C)C3(C)CCC2(C(=O)O)CC1. The molecule has 0 aromatic carbocycles. The van der Waals surface area contributed by atoms with Crippen LogP contribution < -0.4 is 0 Å². The largest absolute Gasteiger partial charge is 0.481 e. The predicted octanol–water partition coefficient (Wildman–Crippen LogP) is 5.19. The highest BCUT2D eigenvalue weighted by Gasteiger charge is 2.71. The van der Waals surface area contributed by atoms with E-state index in [2.05, 4.69) is 40.7 Å². The molecule has 0 spiro atoms. The van der Waals surface area contributed by atoms with Gasteiger partial charge in [0.1, 0.15) is 0 Å². The summed E-state index contributed by atoms with van der Waals surface area (Å²) in [5, 5.41) is 42.6. The Kier molecular flexibility index (Phi) is 5.55. The number of allylic oxidation sites excluding steroid dienone is 4. The number of hydrogen-bond acceptors (Lipinski definition) is 4. The van der Waals surface area contributed by atoms with Crippen molar-refractivity contribution in [3.63, 3.8) is 0 Å². The van der Waals surface area contributed by atoms with E-state index in [1.165, 1.54) is 16.7 Å². The van der Waals surface area contributed by atoms with Crippen LogP contribution in [0.1, 0.15) is 92.9 Å². The molecule has 36 heavy (non-hydrogen) atoms. The van der Waals surface area contributed by atoms with Gasteiger partial charge >= 0.3 is 11.9 Å². The smallest absolute Gasteiger partial charge is 0.312 e. The average Bonchev–Trinajstić information content (AvgIpc) is 2.80. The predicted molar refractivity (Wildman–Crippen MR) is 136 cm³/mol. The Bertz CT molecular complexity index is 1080. The third kappa shape index (κ3) is 2.81. The number of hydrogen-bond donors (Lipinski definition) is 4. The molecule has 10 unspecified atom stereocenters. The Morgan fingerprint density at radius 3 is 2.19 bits per heavy atom. The van der Waals surface area contributed by atoms with Gasteiger partial charge in [-0.1, -0.05) is 43.6 Å². The van der Waals surface area contributed by atoms with Gasteiger partial charge in [0.2, 0.25) is 0 Å². The summed E-state index contributed by atoms with van der Waals surface area (Å²) in [4.78, 5) is 25.3. The van der Waals surface area contributed by atoms with Crippen molar-refractivity contribution in [1.82, 2.24) is 0 Å². The van der Waals surface area contributed by atoms with Crippen LogP contribution >= 0.6 is 0 Å². The Hall–Kier alpha value is -1.66. The average molecular weight is 501 g/mol. The molecule has 0 aliphatic heterocycles. The Labute approximate surface area is 214 Å². The standard InChI is InChI=1S/C30H44O6/c1-16-9-12-30(25(35)36)14-13-27(4)18(22(30)17(16)2)7-8-20-26(3)15-19(31)23(32)29(6,24(33)34)21(26)10-11-28(20,27)5/h7,19-23,31-32H,8-15H2,1-6H3,(H,33,34)(H,35,36). The molecule has 5 aliphatic rings. The van der Waals surface area contributed by atoms with Gasteiger partial charge in [0, 0.05) is 5.92 Å². The van der Waals surface area contributed by atoms with Gasteiger partial charge in [-0.15, -0.1) is 0 Å². The molecule has 0 aromatic heterocycles. The minimum absolute atomic E-state index is 0.0890. The first-order valence-corrected chi connectivity index (χ1v) is 13.8. The molecule has 0 aromatic rings. The van der Waals surface area contributed by atoms with Crippen molar-refractivity contribution in [3.8, 4) is 0 Å². The number of carbonyl (C=O) groups is 2. The maximum atomic E-state index is 12.8. The fraction of sp³-hybridized carbons (Fsp3) is 0.800. The number of aliphatic carboxylic acids is 2. The monoisotopic (exact) mass is 500 g/mol. The van der Waals surface area contributed by atoms with Crippen LogP contribution in [0.25, 0.3) is 0 Å². The molecule has 0 radical (unpaired) electrons. The van der Waals surface area contributed by atoms with Crippen LogP contribution in [-0.4, -0.2) is 44.6 Å². The molecule has 6 heteroatoms. The van der Waals surface area contributed by atoms with Crippen LogP contribution in [0.5, 0.6) is 0 Å². The van der Waals surface area contributed by atoms with E-state index >= 15 is 0 Å². The molecule has 0 heterocycles. The number of carboxylic acid groups (broad SMARTS) is 2. The van der Waals surface area contributed by atoms with E-state index in [1.807, 2.05) is 0 Å². The second-order valence-corrected chi connectivity index (χ2v) is 14.0. The summed E-state index contributed by atoms with van der Waals surface area (Å²) in [6.45, 7) is 12.7. The van der Waals surface area contributed by atoms with Crippen molar-refractivity contribution in [2.24, 2.45) is 44.8 Å². The highest BCUT2D eigenvalue weighted by molar-refractivity contribution is 5.78. The lowest BCUT2D eigenvalue weighted by Gasteiger charge is -2.70. The van der Waals surface area contributed by atoms with Gasteiger partial charge in [-0.3, -0.25) is 9.59 Å². The number of aliphatic hydroxyl groups excluding tert-OH is 2. The highest BCUT2D eigenvalue weighted by Crippen LogP contribution is 2.75. The maximum absolute atomic E-state index is 12.8. The molecule has 5 aliphatic carbocycles. The first kappa shape index (κ1) is 26.0. The Balaban J connectivity index is 1.65. The summed E-state index contributed by atoms with van der Waals surface area (Å²) in [5.41, 5.74) is 0.872. The maximum Gasteiger partial charge on any atom is 0.312 e. The van der Waals surface area contributed by atoms with Gasteiger partial charge in [-0.25, -0.2) is 0 Å². The molecule has 4 N–H and O–H groups in total. The molecular formula is C30H44O6. The molecule has 6 nitrogen and oxygen atoms in total. The lowest BCUT2D eigenvalue weighted by atomic mass is 9.33. The van der Waals surface area contributed by atoms with Gasteiger partial charge in [0.15, 0.2) is 0 Å². The van der Waals surface area contributed by atoms with Crippen molar-refractivity contribution >= 4 is 11.9 Å².